The van der Waals surface area contributed by atoms with Crippen LogP contribution in [0.1, 0.15) is 12.5 Å². The number of carbonyl (C=O) groups is 1. The Labute approximate surface area is 148 Å². The highest BCUT2D eigenvalue weighted by atomic mass is 35.5. The number of benzene rings is 2. The molecule has 0 saturated heterocycles. The number of hydrogen-bond acceptors (Lipinski definition) is 5. The minimum atomic E-state index is -0.514. The molecule has 126 valence electrons. The van der Waals surface area contributed by atoms with Crippen LogP contribution in [0.5, 0.6) is 17.2 Å². The zero-order chi connectivity index (χ0) is 17.7. The smallest absolute Gasteiger partial charge is 0.277 e. The largest absolute Gasteiger partial charge is 0.508 e. The highest BCUT2D eigenvalue weighted by Gasteiger charge is 2.08. The summed E-state index contributed by atoms with van der Waals surface area (Å²) in [6.07, 6.45) is 0. The third-order valence-electron chi connectivity index (χ3n) is 2.97. The van der Waals surface area contributed by atoms with Crippen molar-refractivity contribution < 1.29 is 19.7 Å². The van der Waals surface area contributed by atoms with Crippen LogP contribution in [0.4, 0.5) is 0 Å². The second-order valence-electron chi connectivity index (χ2n) is 4.80. The summed E-state index contributed by atoms with van der Waals surface area (Å²) in [7, 11) is 0. The fraction of sp³-hybridized carbons (Fsp3) is 0.125. The molecular weight excluding hydrogens is 355 g/mol. The van der Waals surface area contributed by atoms with Gasteiger partial charge in [0.25, 0.3) is 5.91 Å². The molecule has 0 radical (unpaired) electrons. The minimum absolute atomic E-state index is 0.0237. The highest BCUT2D eigenvalue weighted by Crippen LogP contribution is 2.27. The maximum atomic E-state index is 11.8. The number of nitrogens with zero attached hydrogens (tertiary/aromatic N) is 1. The predicted molar refractivity (Wildman–Crippen MR) is 92.1 cm³/mol. The molecule has 0 fully saturated rings. The maximum absolute atomic E-state index is 11.8. The highest BCUT2D eigenvalue weighted by molar-refractivity contribution is 6.35. The number of phenolic OH excluding ortho intramolecular Hbond substituents is 2. The molecule has 1 amide bonds. The second kappa shape index (κ2) is 7.90. The van der Waals surface area contributed by atoms with Gasteiger partial charge in [-0.15, -0.1) is 0 Å². The fourth-order valence-corrected chi connectivity index (χ4v) is 2.25. The molecule has 24 heavy (non-hydrogen) atoms. The third kappa shape index (κ3) is 4.78. The molecule has 0 atom stereocenters. The van der Waals surface area contributed by atoms with Crippen molar-refractivity contribution in [3.63, 3.8) is 0 Å². The van der Waals surface area contributed by atoms with Gasteiger partial charge in [-0.3, -0.25) is 4.79 Å². The number of amides is 1. The van der Waals surface area contributed by atoms with E-state index in [1.54, 1.807) is 19.1 Å². The summed E-state index contributed by atoms with van der Waals surface area (Å²) >= 11 is 11.7. The van der Waals surface area contributed by atoms with Crippen molar-refractivity contribution in [1.82, 2.24) is 5.43 Å². The molecule has 0 unspecified atom stereocenters. The summed E-state index contributed by atoms with van der Waals surface area (Å²) in [6.45, 7) is 1.27. The molecule has 3 N–H and O–H groups in total. The Bertz CT molecular complexity index is 794. The van der Waals surface area contributed by atoms with Crippen molar-refractivity contribution in [3.05, 3.63) is 52.0 Å². The van der Waals surface area contributed by atoms with Crippen LogP contribution in [0.25, 0.3) is 0 Å². The minimum Gasteiger partial charge on any atom is -0.508 e. The average molecular weight is 369 g/mol. The van der Waals surface area contributed by atoms with Crippen molar-refractivity contribution in [2.45, 2.75) is 6.92 Å². The number of nitrogens with one attached hydrogen (secondary N) is 1. The van der Waals surface area contributed by atoms with Gasteiger partial charge in [0.05, 0.1) is 10.7 Å². The number of ether oxygens (including phenoxy) is 1. The van der Waals surface area contributed by atoms with Gasteiger partial charge in [-0.2, -0.15) is 5.10 Å². The standard InChI is InChI=1S/C16H14Cl2N2O4/c1-9(12-7-11(21)3-4-14(12)22)19-20-16(23)8-24-15-5-2-10(17)6-13(15)18/h2-7,21-22H,8H2,1H3,(H,20,23)/b19-9+. The zero-order valence-corrected chi connectivity index (χ0v) is 14.1. The monoisotopic (exact) mass is 368 g/mol. The van der Waals surface area contributed by atoms with Crippen LogP contribution in [-0.4, -0.2) is 28.4 Å². The number of carbonyl (C=O) groups excluding carboxylic acids is 1. The van der Waals surface area contributed by atoms with Gasteiger partial charge < -0.3 is 14.9 Å². The van der Waals surface area contributed by atoms with Gasteiger partial charge >= 0.3 is 0 Å². The number of rotatable bonds is 5. The number of phenols is 2. The van der Waals surface area contributed by atoms with Crippen molar-refractivity contribution in [2.75, 3.05) is 6.61 Å². The molecule has 8 heteroatoms. The third-order valence-corrected chi connectivity index (χ3v) is 3.50. The van der Waals surface area contributed by atoms with Gasteiger partial charge in [0.15, 0.2) is 6.61 Å². The van der Waals surface area contributed by atoms with Crippen molar-refractivity contribution in [2.24, 2.45) is 5.10 Å². The molecule has 0 bridgehead atoms. The van der Waals surface area contributed by atoms with E-state index < -0.39 is 5.91 Å². The summed E-state index contributed by atoms with van der Waals surface area (Å²) < 4.78 is 5.27. The van der Waals surface area contributed by atoms with Crippen molar-refractivity contribution in [3.8, 4) is 17.2 Å². The molecule has 2 aromatic carbocycles. The predicted octanol–water partition coefficient (Wildman–Crippen LogP) is 3.32. The molecule has 2 aromatic rings. The van der Waals surface area contributed by atoms with Crippen LogP contribution in [-0.2, 0) is 4.79 Å². The Morgan fingerprint density at radius 1 is 1.21 bits per heavy atom. The van der Waals surface area contributed by atoms with Crippen LogP contribution in [0.2, 0.25) is 10.0 Å². The lowest BCUT2D eigenvalue weighted by Gasteiger charge is -2.08. The first-order valence-electron chi connectivity index (χ1n) is 6.80. The molecule has 0 aliphatic heterocycles. The van der Waals surface area contributed by atoms with E-state index >= 15 is 0 Å². The molecule has 2 rings (SSSR count). The Morgan fingerprint density at radius 3 is 2.67 bits per heavy atom. The van der Waals surface area contributed by atoms with Gasteiger partial charge in [-0.25, -0.2) is 5.43 Å². The Kier molecular flexibility index (Phi) is 5.89. The van der Waals surface area contributed by atoms with Crippen molar-refractivity contribution >= 4 is 34.8 Å². The van der Waals surface area contributed by atoms with E-state index in [0.29, 0.717) is 27.1 Å². The molecule has 0 aliphatic carbocycles. The van der Waals surface area contributed by atoms with Gasteiger partial charge in [0, 0.05) is 10.6 Å². The summed E-state index contributed by atoms with van der Waals surface area (Å²) in [5, 5.41) is 23.8. The van der Waals surface area contributed by atoms with E-state index in [9.17, 15) is 15.0 Å². The summed E-state index contributed by atoms with van der Waals surface area (Å²) in [6, 6.07) is 8.66. The lowest BCUT2D eigenvalue weighted by molar-refractivity contribution is -0.123. The van der Waals surface area contributed by atoms with E-state index in [1.165, 1.54) is 24.3 Å². The molecule has 0 saturated carbocycles. The van der Waals surface area contributed by atoms with Crippen LogP contribution in [0.15, 0.2) is 41.5 Å². The van der Waals surface area contributed by atoms with Gasteiger partial charge in [-0.05, 0) is 43.3 Å². The molecular formula is C16H14Cl2N2O4. The zero-order valence-electron chi connectivity index (χ0n) is 12.6. The van der Waals surface area contributed by atoms with E-state index in [-0.39, 0.29) is 18.1 Å². The lowest BCUT2D eigenvalue weighted by atomic mass is 10.1. The van der Waals surface area contributed by atoms with Crippen LogP contribution in [0.3, 0.4) is 0 Å². The topological polar surface area (TPSA) is 91.2 Å². The normalized spacial score (nSPS) is 11.2. The van der Waals surface area contributed by atoms with E-state index in [2.05, 4.69) is 10.5 Å². The van der Waals surface area contributed by atoms with Gasteiger partial charge in [0.2, 0.25) is 0 Å². The summed E-state index contributed by atoms with van der Waals surface area (Å²) in [5.41, 5.74) is 2.91. The second-order valence-corrected chi connectivity index (χ2v) is 5.64. The number of halogens is 2. The molecule has 0 aromatic heterocycles. The Hall–Kier alpha value is -2.44. The average Bonchev–Trinajstić information content (AvgIpc) is 2.54. The molecule has 0 spiro atoms. The number of hydrogen-bond donors (Lipinski definition) is 3. The Balaban J connectivity index is 1.95. The van der Waals surface area contributed by atoms with Gasteiger partial charge in [0.1, 0.15) is 17.2 Å². The maximum Gasteiger partial charge on any atom is 0.277 e. The summed E-state index contributed by atoms with van der Waals surface area (Å²) in [5.74, 6) is -0.278. The quantitative estimate of drug-likeness (QED) is 0.428. The molecule has 0 heterocycles. The number of aromatic hydroxyl groups is 2. The molecule has 0 aliphatic rings. The SMILES string of the molecule is C/C(=N\NC(=O)COc1ccc(Cl)cc1Cl)c1cc(O)ccc1O. The van der Waals surface area contributed by atoms with E-state index in [4.69, 9.17) is 27.9 Å². The number of hydrazone groups is 1. The molecule has 6 nitrogen and oxygen atoms in total. The van der Waals surface area contributed by atoms with Crippen LogP contribution in [0, 0.1) is 0 Å². The first kappa shape index (κ1) is 17.9. The van der Waals surface area contributed by atoms with Crippen LogP contribution < -0.4 is 10.2 Å². The van der Waals surface area contributed by atoms with Crippen LogP contribution >= 0.6 is 23.2 Å². The van der Waals surface area contributed by atoms with E-state index in [1.807, 2.05) is 0 Å². The first-order valence-corrected chi connectivity index (χ1v) is 7.55. The van der Waals surface area contributed by atoms with E-state index in [0.717, 1.165) is 0 Å². The first-order chi connectivity index (χ1) is 11.4. The lowest BCUT2D eigenvalue weighted by Crippen LogP contribution is -2.25. The fourth-order valence-electron chi connectivity index (χ4n) is 1.79. The van der Waals surface area contributed by atoms with Crippen molar-refractivity contribution in [1.29, 1.82) is 0 Å². The van der Waals surface area contributed by atoms with Gasteiger partial charge in [-0.1, -0.05) is 23.2 Å². The summed E-state index contributed by atoms with van der Waals surface area (Å²) in [4.78, 5) is 11.8. The Morgan fingerprint density at radius 2 is 1.96 bits per heavy atom.